The van der Waals surface area contributed by atoms with Crippen molar-refractivity contribution in [2.45, 2.75) is 26.7 Å². The molecule has 0 N–H and O–H groups in total. The van der Waals surface area contributed by atoms with Crippen molar-refractivity contribution in [3.8, 4) is 0 Å². The van der Waals surface area contributed by atoms with Crippen LogP contribution in [0.3, 0.4) is 0 Å². The number of benzene rings is 4. The van der Waals surface area contributed by atoms with Gasteiger partial charge < -0.3 is 8.85 Å². The molecule has 3 heteroatoms. The predicted molar refractivity (Wildman–Crippen MR) is 117 cm³/mol. The fraction of sp³-hybridized carbons (Fsp3) is 0.250. The monoisotopic (exact) mass is 373 g/mol. The molecule has 27 heavy (non-hydrogen) atoms. The summed E-state index contributed by atoms with van der Waals surface area (Å²) < 4.78 is 12.6. The van der Waals surface area contributed by atoms with Crippen LogP contribution in [0.15, 0.2) is 66.7 Å². The highest BCUT2D eigenvalue weighted by atomic mass is 28.3. The summed E-state index contributed by atoms with van der Waals surface area (Å²) in [4.78, 5) is 0. The van der Waals surface area contributed by atoms with E-state index in [1.807, 2.05) is 0 Å². The van der Waals surface area contributed by atoms with E-state index < -0.39 is 9.28 Å². The standard InChI is InChI=1S/C24H25O2Si/c1-3-13-25-27(26-14-4-2)24-22-12-8-7-11-20(22)16-21-15-18-9-5-6-10-19(18)17-23(21)24/h5-12,15-17H,3-4,13-14H2,1-2H3. The van der Waals surface area contributed by atoms with Crippen LogP contribution < -0.4 is 5.19 Å². The van der Waals surface area contributed by atoms with Crippen LogP contribution >= 0.6 is 0 Å². The number of hydrogen-bond donors (Lipinski definition) is 0. The van der Waals surface area contributed by atoms with E-state index in [4.69, 9.17) is 8.85 Å². The molecule has 4 aromatic carbocycles. The second kappa shape index (κ2) is 8.22. The Morgan fingerprint density at radius 1 is 0.630 bits per heavy atom. The molecule has 0 aliphatic carbocycles. The molecule has 137 valence electrons. The molecule has 0 atom stereocenters. The lowest BCUT2D eigenvalue weighted by Crippen LogP contribution is -2.38. The quantitative estimate of drug-likeness (QED) is 0.306. The van der Waals surface area contributed by atoms with Crippen molar-refractivity contribution in [2.24, 2.45) is 0 Å². The van der Waals surface area contributed by atoms with E-state index in [1.165, 1.54) is 37.5 Å². The highest BCUT2D eigenvalue weighted by molar-refractivity contribution is 6.68. The van der Waals surface area contributed by atoms with Gasteiger partial charge in [0.2, 0.25) is 0 Å². The summed E-state index contributed by atoms with van der Waals surface area (Å²) in [5.74, 6) is 0. The summed E-state index contributed by atoms with van der Waals surface area (Å²) in [5, 5.41) is 8.79. The van der Waals surface area contributed by atoms with Crippen LogP contribution in [0.25, 0.3) is 32.3 Å². The average Bonchev–Trinajstić information content (AvgIpc) is 2.71. The fourth-order valence-corrected chi connectivity index (χ4v) is 5.59. The molecule has 0 amide bonds. The summed E-state index contributed by atoms with van der Waals surface area (Å²) in [6.45, 7) is 5.76. The zero-order valence-corrected chi connectivity index (χ0v) is 17.0. The molecule has 0 aromatic heterocycles. The maximum Gasteiger partial charge on any atom is 0.424 e. The Balaban J connectivity index is 2.01. The first kappa shape index (κ1) is 18.2. The predicted octanol–water partition coefficient (Wildman–Crippen LogP) is 5.69. The summed E-state index contributed by atoms with van der Waals surface area (Å²) in [6.07, 6.45) is 1.99. The van der Waals surface area contributed by atoms with Crippen LogP contribution in [-0.2, 0) is 8.85 Å². The Labute approximate surface area is 162 Å². The van der Waals surface area contributed by atoms with Crippen LogP contribution in [0, 0.1) is 0 Å². The van der Waals surface area contributed by atoms with E-state index >= 15 is 0 Å². The first-order chi connectivity index (χ1) is 13.3. The van der Waals surface area contributed by atoms with Gasteiger partial charge in [-0.15, -0.1) is 0 Å². The zero-order valence-electron chi connectivity index (χ0n) is 16.0. The molecule has 2 nitrogen and oxygen atoms in total. The van der Waals surface area contributed by atoms with Gasteiger partial charge in [-0.2, -0.15) is 0 Å². The largest absolute Gasteiger partial charge is 0.424 e. The van der Waals surface area contributed by atoms with E-state index in [0.29, 0.717) is 0 Å². The van der Waals surface area contributed by atoms with Crippen molar-refractivity contribution in [3.63, 3.8) is 0 Å². The zero-order chi connectivity index (χ0) is 18.6. The SMILES string of the molecule is CCCO[Si](OCCC)c1c2ccccc2cc2cc3ccccc3cc12. The Morgan fingerprint density at radius 3 is 1.85 bits per heavy atom. The first-order valence-electron chi connectivity index (χ1n) is 9.79. The minimum atomic E-state index is -1.57. The van der Waals surface area contributed by atoms with Gasteiger partial charge in [0.25, 0.3) is 0 Å². The lowest BCUT2D eigenvalue weighted by atomic mass is 9.99. The second-order valence-corrected chi connectivity index (χ2v) is 8.53. The highest BCUT2D eigenvalue weighted by Gasteiger charge is 2.24. The van der Waals surface area contributed by atoms with Gasteiger partial charge in [0, 0.05) is 18.4 Å². The molecule has 0 unspecified atom stereocenters. The van der Waals surface area contributed by atoms with Crippen molar-refractivity contribution in [2.75, 3.05) is 13.2 Å². The van der Waals surface area contributed by atoms with Crippen molar-refractivity contribution >= 4 is 46.8 Å². The Morgan fingerprint density at radius 2 is 1.19 bits per heavy atom. The molecule has 0 bridgehead atoms. The van der Waals surface area contributed by atoms with Crippen molar-refractivity contribution in [1.29, 1.82) is 0 Å². The van der Waals surface area contributed by atoms with E-state index in [1.54, 1.807) is 0 Å². The molecule has 1 radical (unpaired) electrons. The molecule has 0 aliphatic heterocycles. The third-order valence-corrected chi connectivity index (χ3v) is 6.69. The molecule has 0 saturated heterocycles. The van der Waals surface area contributed by atoms with Gasteiger partial charge in [0.05, 0.1) is 0 Å². The maximum atomic E-state index is 6.29. The molecular formula is C24H25O2Si. The molecule has 0 fully saturated rings. The van der Waals surface area contributed by atoms with E-state index in [9.17, 15) is 0 Å². The van der Waals surface area contributed by atoms with Crippen molar-refractivity contribution in [1.82, 2.24) is 0 Å². The van der Waals surface area contributed by atoms with Crippen LogP contribution in [0.1, 0.15) is 26.7 Å². The van der Waals surface area contributed by atoms with Gasteiger partial charge in [0.15, 0.2) is 0 Å². The van der Waals surface area contributed by atoms with E-state index in [2.05, 4.69) is 80.6 Å². The lowest BCUT2D eigenvalue weighted by Gasteiger charge is -2.19. The van der Waals surface area contributed by atoms with E-state index in [0.717, 1.165) is 26.1 Å². The van der Waals surface area contributed by atoms with Gasteiger partial charge in [-0.25, -0.2) is 0 Å². The minimum Gasteiger partial charge on any atom is -0.390 e. The molecule has 0 heterocycles. The third kappa shape index (κ3) is 3.63. The van der Waals surface area contributed by atoms with Gasteiger partial charge >= 0.3 is 9.28 Å². The molecular weight excluding hydrogens is 348 g/mol. The second-order valence-electron chi connectivity index (χ2n) is 6.88. The Kier molecular flexibility index (Phi) is 5.53. The molecule has 0 aliphatic rings. The van der Waals surface area contributed by atoms with Crippen LogP contribution in [0.4, 0.5) is 0 Å². The normalized spacial score (nSPS) is 11.8. The first-order valence-corrected chi connectivity index (χ1v) is 11.1. The minimum absolute atomic E-state index is 0.732. The summed E-state index contributed by atoms with van der Waals surface area (Å²) in [6, 6.07) is 24.0. The Hall–Kier alpha value is -2.20. The topological polar surface area (TPSA) is 18.5 Å². The molecule has 0 spiro atoms. The van der Waals surface area contributed by atoms with E-state index in [-0.39, 0.29) is 0 Å². The summed E-state index contributed by atoms with van der Waals surface area (Å²) >= 11 is 0. The van der Waals surface area contributed by atoms with Gasteiger partial charge in [0.1, 0.15) is 0 Å². The summed E-state index contributed by atoms with van der Waals surface area (Å²) in [7, 11) is -1.57. The lowest BCUT2D eigenvalue weighted by molar-refractivity contribution is 0.208. The maximum absolute atomic E-state index is 6.29. The highest BCUT2D eigenvalue weighted by Crippen LogP contribution is 2.27. The average molecular weight is 374 g/mol. The molecule has 4 rings (SSSR count). The van der Waals surface area contributed by atoms with Crippen molar-refractivity contribution < 1.29 is 8.85 Å². The summed E-state index contributed by atoms with van der Waals surface area (Å²) in [5.41, 5.74) is 0. The molecule has 4 aromatic rings. The van der Waals surface area contributed by atoms with Gasteiger partial charge in [-0.1, -0.05) is 62.4 Å². The Bertz CT molecular complexity index is 1060. The van der Waals surface area contributed by atoms with Crippen LogP contribution in [0.2, 0.25) is 0 Å². The molecule has 0 saturated carbocycles. The van der Waals surface area contributed by atoms with Gasteiger partial charge in [-0.05, 0) is 63.4 Å². The number of fused-ring (bicyclic) bond motifs is 3. The number of hydrogen-bond acceptors (Lipinski definition) is 2. The van der Waals surface area contributed by atoms with Crippen molar-refractivity contribution in [3.05, 3.63) is 66.7 Å². The third-order valence-electron chi connectivity index (χ3n) is 4.81. The fourth-order valence-electron chi connectivity index (χ4n) is 3.55. The van der Waals surface area contributed by atoms with Crippen LogP contribution in [0.5, 0.6) is 0 Å². The smallest absolute Gasteiger partial charge is 0.390 e. The van der Waals surface area contributed by atoms with Gasteiger partial charge in [-0.3, -0.25) is 0 Å². The van der Waals surface area contributed by atoms with Crippen LogP contribution in [-0.4, -0.2) is 22.5 Å². The number of rotatable bonds is 7.